The molecule has 3 aromatic rings. The Morgan fingerprint density at radius 1 is 1.12 bits per heavy atom. The van der Waals surface area contributed by atoms with Gasteiger partial charge < -0.3 is 18.9 Å². The summed E-state index contributed by atoms with van der Waals surface area (Å²) in [5.74, 6) is -1.29. The molecule has 0 fully saturated rings. The van der Waals surface area contributed by atoms with Crippen molar-refractivity contribution >= 4 is 34.5 Å². The van der Waals surface area contributed by atoms with Crippen LogP contribution in [0.25, 0.3) is 11.0 Å². The molecule has 1 amide bonds. The van der Waals surface area contributed by atoms with Crippen molar-refractivity contribution < 1.29 is 19.1 Å². The first-order valence-electron chi connectivity index (χ1n) is 11.2. The quantitative estimate of drug-likeness (QED) is 0.298. The number of fused-ring (bicyclic) bond motifs is 3. The number of rotatable bonds is 8. The molecular formula is C25H30N4O4. The number of para-hydroxylation sites is 2. The van der Waals surface area contributed by atoms with E-state index in [1.54, 1.807) is 18.9 Å². The lowest BCUT2D eigenvalue weighted by atomic mass is 9.89. The zero-order valence-electron chi connectivity index (χ0n) is 19.5. The van der Waals surface area contributed by atoms with Crippen molar-refractivity contribution in [2.24, 2.45) is 5.92 Å². The average Bonchev–Trinajstić information content (AvgIpc) is 3.19. The third-order valence-corrected chi connectivity index (χ3v) is 5.97. The van der Waals surface area contributed by atoms with Crippen LogP contribution in [0.4, 0.5) is 11.6 Å². The predicted octanol–water partition coefficient (Wildman–Crippen LogP) is 3.25. The van der Waals surface area contributed by atoms with Crippen LogP contribution < -0.4 is 9.80 Å². The monoisotopic (exact) mass is 450 g/mol. The summed E-state index contributed by atoms with van der Waals surface area (Å²) < 4.78 is 12.6. The molecule has 2 atom stereocenters. The van der Waals surface area contributed by atoms with Gasteiger partial charge in [0.15, 0.2) is 5.92 Å². The number of imidazole rings is 1. The predicted molar refractivity (Wildman–Crippen MR) is 128 cm³/mol. The number of esters is 1. The van der Waals surface area contributed by atoms with Gasteiger partial charge in [-0.25, -0.2) is 4.98 Å². The van der Waals surface area contributed by atoms with Crippen molar-refractivity contribution in [3.63, 3.8) is 0 Å². The highest BCUT2D eigenvalue weighted by Crippen LogP contribution is 2.41. The maximum absolute atomic E-state index is 13.8. The minimum atomic E-state index is -1.01. The van der Waals surface area contributed by atoms with E-state index >= 15 is 0 Å². The minimum Gasteiger partial charge on any atom is -0.465 e. The lowest BCUT2D eigenvalue weighted by molar-refractivity contribution is -0.153. The number of nitrogens with zero attached hydrogens (tertiary/aromatic N) is 4. The number of hydrogen-bond acceptors (Lipinski definition) is 6. The number of ether oxygens (including phenoxy) is 2. The molecule has 2 heterocycles. The lowest BCUT2D eigenvalue weighted by Gasteiger charge is -2.38. The first-order chi connectivity index (χ1) is 16.0. The number of aromatic nitrogens is 2. The Balaban J connectivity index is 1.91. The maximum Gasteiger partial charge on any atom is 0.321 e. The van der Waals surface area contributed by atoms with E-state index in [0.29, 0.717) is 25.5 Å². The third-order valence-electron chi connectivity index (χ3n) is 5.97. The molecule has 8 heteroatoms. The van der Waals surface area contributed by atoms with Gasteiger partial charge in [0.2, 0.25) is 11.9 Å². The maximum atomic E-state index is 13.8. The summed E-state index contributed by atoms with van der Waals surface area (Å²) in [6.45, 7) is 2.86. The molecule has 8 nitrogen and oxygen atoms in total. The van der Waals surface area contributed by atoms with Crippen molar-refractivity contribution in [1.82, 2.24) is 9.55 Å². The molecule has 0 saturated heterocycles. The fourth-order valence-corrected chi connectivity index (χ4v) is 4.40. The molecule has 2 aromatic carbocycles. The van der Waals surface area contributed by atoms with Crippen LogP contribution in [0.3, 0.4) is 0 Å². The molecule has 0 radical (unpaired) electrons. The van der Waals surface area contributed by atoms with Crippen LogP contribution in [-0.2, 0) is 19.1 Å². The fourth-order valence-electron chi connectivity index (χ4n) is 4.40. The van der Waals surface area contributed by atoms with E-state index in [1.807, 2.05) is 72.1 Å². The smallest absolute Gasteiger partial charge is 0.321 e. The Morgan fingerprint density at radius 2 is 1.85 bits per heavy atom. The van der Waals surface area contributed by atoms with Gasteiger partial charge in [0.1, 0.15) is 0 Å². The van der Waals surface area contributed by atoms with Gasteiger partial charge in [-0.15, -0.1) is 0 Å². The van der Waals surface area contributed by atoms with Gasteiger partial charge in [0.25, 0.3) is 0 Å². The van der Waals surface area contributed by atoms with Crippen molar-refractivity contribution in [3.05, 3.63) is 54.1 Å². The van der Waals surface area contributed by atoms with Crippen LogP contribution >= 0.6 is 0 Å². The molecule has 0 N–H and O–H groups in total. The minimum absolute atomic E-state index is 0.204. The van der Waals surface area contributed by atoms with Gasteiger partial charge in [-0.05, 0) is 43.2 Å². The number of anilines is 2. The normalized spacial score (nSPS) is 17.8. The first-order valence-corrected chi connectivity index (χ1v) is 11.2. The Morgan fingerprint density at radius 3 is 2.52 bits per heavy atom. The highest BCUT2D eigenvalue weighted by atomic mass is 16.5. The molecule has 4 rings (SSSR count). The zero-order chi connectivity index (χ0) is 23.5. The number of hydrogen-bond donors (Lipinski definition) is 0. The standard InChI is InChI=1S/C25H30N4O4/c1-5-33-24(31)21-22(17-11-13-18(14-12-17)27(2)3)29-20-10-7-6-9-19(20)26-25(29)28(23(21)30)15-8-16-32-4/h6-7,9-14,21-22H,5,8,15-16H2,1-4H3/t21-,22+/m0/s1. The van der Waals surface area contributed by atoms with Gasteiger partial charge in [-0.2, -0.15) is 0 Å². The van der Waals surface area contributed by atoms with E-state index < -0.39 is 17.9 Å². The zero-order valence-corrected chi connectivity index (χ0v) is 19.5. The van der Waals surface area contributed by atoms with E-state index in [-0.39, 0.29) is 12.5 Å². The Bertz CT molecular complexity index is 1140. The molecule has 0 saturated carbocycles. The van der Waals surface area contributed by atoms with Crippen LogP contribution in [0.15, 0.2) is 48.5 Å². The third kappa shape index (κ3) is 4.18. The van der Waals surface area contributed by atoms with Crippen LogP contribution in [0.2, 0.25) is 0 Å². The Hall–Kier alpha value is -3.39. The van der Waals surface area contributed by atoms with E-state index in [1.165, 1.54) is 0 Å². The number of methoxy groups -OCH3 is 1. The molecular weight excluding hydrogens is 420 g/mol. The molecule has 1 aromatic heterocycles. The highest BCUT2D eigenvalue weighted by Gasteiger charge is 2.47. The van der Waals surface area contributed by atoms with Gasteiger partial charge in [-0.1, -0.05) is 24.3 Å². The topological polar surface area (TPSA) is 76.9 Å². The van der Waals surface area contributed by atoms with E-state index in [2.05, 4.69) is 0 Å². The largest absolute Gasteiger partial charge is 0.465 e. The molecule has 0 aliphatic carbocycles. The second-order valence-electron chi connectivity index (χ2n) is 8.27. The molecule has 1 aliphatic heterocycles. The van der Waals surface area contributed by atoms with E-state index in [0.717, 1.165) is 22.3 Å². The number of amides is 1. The van der Waals surface area contributed by atoms with Crippen LogP contribution in [0.5, 0.6) is 0 Å². The second kappa shape index (κ2) is 9.62. The van der Waals surface area contributed by atoms with Gasteiger partial charge in [-0.3, -0.25) is 14.5 Å². The van der Waals surface area contributed by atoms with Gasteiger partial charge >= 0.3 is 5.97 Å². The van der Waals surface area contributed by atoms with Crippen molar-refractivity contribution in [2.45, 2.75) is 19.4 Å². The van der Waals surface area contributed by atoms with E-state index in [9.17, 15) is 9.59 Å². The fraction of sp³-hybridized carbons (Fsp3) is 0.400. The van der Waals surface area contributed by atoms with E-state index in [4.69, 9.17) is 14.5 Å². The molecule has 174 valence electrons. The van der Waals surface area contributed by atoms with Crippen molar-refractivity contribution in [1.29, 1.82) is 0 Å². The number of carbonyl (C=O) groups excluding carboxylic acids is 2. The first kappa shape index (κ1) is 22.8. The molecule has 33 heavy (non-hydrogen) atoms. The summed E-state index contributed by atoms with van der Waals surface area (Å²) in [4.78, 5) is 35.3. The van der Waals surface area contributed by atoms with Crippen LogP contribution in [-0.4, -0.2) is 62.4 Å². The summed E-state index contributed by atoms with van der Waals surface area (Å²) in [6, 6.07) is 15.1. The van der Waals surface area contributed by atoms with Crippen LogP contribution in [0, 0.1) is 5.92 Å². The molecule has 0 spiro atoms. The summed E-state index contributed by atoms with van der Waals surface area (Å²) in [6.07, 6.45) is 0.628. The highest BCUT2D eigenvalue weighted by molar-refractivity contribution is 6.08. The summed E-state index contributed by atoms with van der Waals surface area (Å²) in [7, 11) is 5.57. The number of benzene rings is 2. The number of carbonyl (C=O) groups is 2. The SMILES string of the molecule is CCOC(=O)[C@@H]1C(=O)N(CCCOC)c2nc3ccccc3n2[C@@H]1c1ccc(N(C)C)cc1. The lowest BCUT2D eigenvalue weighted by Crippen LogP contribution is -2.50. The Labute approximate surface area is 193 Å². The van der Waals surface area contributed by atoms with Crippen LogP contribution in [0.1, 0.15) is 24.9 Å². The average molecular weight is 451 g/mol. The second-order valence-corrected chi connectivity index (χ2v) is 8.27. The summed E-state index contributed by atoms with van der Waals surface area (Å²) in [5.41, 5.74) is 3.53. The van der Waals surface area contributed by atoms with Crippen molar-refractivity contribution in [3.8, 4) is 0 Å². The van der Waals surface area contributed by atoms with Gasteiger partial charge in [0, 0.05) is 40.0 Å². The Kier molecular flexibility index (Phi) is 6.65. The summed E-state index contributed by atoms with van der Waals surface area (Å²) in [5, 5.41) is 0. The molecule has 0 bridgehead atoms. The van der Waals surface area contributed by atoms with Crippen molar-refractivity contribution in [2.75, 3.05) is 50.8 Å². The van der Waals surface area contributed by atoms with Gasteiger partial charge in [0.05, 0.1) is 23.7 Å². The molecule has 0 unspecified atom stereocenters. The molecule has 1 aliphatic rings. The summed E-state index contributed by atoms with van der Waals surface area (Å²) >= 11 is 0.